The minimum Gasteiger partial charge on any atom is -0.456 e. The Labute approximate surface area is 181 Å². The lowest BCUT2D eigenvalue weighted by atomic mass is 10.1. The van der Waals surface area contributed by atoms with Crippen LogP contribution in [-0.2, 0) is 14.8 Å². The number of nitrogens with one attached hydrogen (secondary N) is 1. The number of anilines is 2. The number of rotatable bonds is 5. The molecule has 0 saturated heterocycles. The summed E-state index contributed by atoms with van der Waals surface area (Å²) in [7, 11) is -3.69. The highest BCUT2D eigenvalue weighted by Crippen LogP contribution is 2.31. The number of fused-ring (bicyclic) bond motifs is 3. The largest absolute Gasteiger partial charge is 0.456 e. The van der Waals surface area contributed by atoms with E-state index in [2.05, 4.69) is 5.32 Å². The van der Waals surface area contributed by atoms with Gasteiger partial charge in [0.25, 0.3) is 0 Å². The summed E-state index contributed by atoms with van der Waals surface area (Å²) < 4.78 is 32.1. The second kappa shape index (κ2) is 7.74. The minimum absolute atomic E-state index is 0.431. The van der Waals surface area contributed by atoms with Gasteiger partial charge in [-0.3, -0.25) is 9.10 Å². The Bertz CT molecular complexity index is 1390. The third-order valence-corrected chi connectivity index (χ3v) is 6.44. The topological polar surface area (TPSA) is 79.6 Å². The van der Waals surface area contributed by atoms with E-state index in [-0.39, 0.29) is 0 Å². The second-order valence-electron chi connectivity index (χ2n) is 7.88. The lowest BCUT2D eigenvalue weighted by Gasteiger charge is -2.28. The van der Waals surface area contributed by atoms with Gasteiger partial charge in [0.15, 0.2) is 0 Å². The smallest absolute Gasteiger partial charge is 0.247 e. The number of carbonyl (C=O) groups excluding carboxylic acids is 1. The summed E-state index contributed by atoms with van der Waals surface area (Å²) in [6, 6.07) is 17.7. The van der Waals surface area contributed by atoms with Crippen molar-refractivity contribution in [2.75, 3.05) is 15.9 Å². The molecule has 0 saturated carbocycles. The molecule has 1 N–H and O–H groups in total. The lowest BCUT2D eigenvalue weighted by Crippen LogP contribution is -2.45. The summed E-state index contributed by atoms with van der Waals surface area (Å²) in [5.74, 6) is -0.431. The van der Waals surface area contributed by atoms with Gasteiger partial charge in [0.1, 0.15) is 17.2 Å². The average molecular weight is 437 g/mol. The SMILES string of the molecule is Cc1cc(C)cc(N([C@@H](C)C(=O)Nc2ccc3c(c2)oc2ccccc23)S(C)(=O)=O)c1. The summed E-state index contributed by atoms with van der Waals surface area (Å²) in [6.45, 7) is 5.36. The van der Waals surface area contributed by atoms with Gasteiger partial charge in [-0.15, -0.1) is 0 Å². The molecule has 0 unspecified atom stereocenters. The fourth-order valence-electron chi connectivity index (χ4n) is 3.94. The van der Waals surface area contributed by atoms with Crippen molar-refractivity contribution in [2.24, 2.45) is 0 Å². The highest BCUT2D eigenvalue weighted by molar-refractivity contribution is 7.92. The Morgan fingerprint density at radius 3 is 2.26 bits per heavy atom. The number of para-hydroxylation sites is 1. The molecule has 0 spiro atoms. The van der Waals surface area contributed by atoms with Crippen molar-refractivity contribution in [3.05, 3.63) is 71.8 Å². The van der Waals surface area contributed by atoms with Crippen LogP contribution in [0.3, 0.4) is 0 Å². The van der Waals surface area contributed by atoms with Crippen LogP contribution < -0.4 is 9.62 Å². The standard InChI is InChI=1S/C24H24N2O4S/c1-15-11-16(2)13-19(12-15)26(31(4,28)29)17(3)24(27)25-18-9-10-21-20-7-5-6-8-22(20)30-23(21)14-18/h5-14,17H,1-4H3,(H,25,27)/t17-/m0/s1. The molecule has 0 aliphatic heterocycles. The molecule has 0 aliphatic rings. The van der Waals surface area contributed by atoms with Crippen molar-refractivity contribution in [2.45, 2.75) is 26.8 Å². The van der Waals surface area contributed by atoms with E-state index in [0.717, 1.165) is 38.0 Å². The molecule has 0 radical (unpaired) electrons. The molecule has 4 aromatic rings. The van der Waals surface area contributed by atoms with Gasteiger partial charge >= 0.3 is 0 Å². The Balaban J connectivity index is 1.65. The van der Waals surface area contributed by atoms with Crippen LogP contribution >= 0.6 is 0 Å². The van der Waals surface area contributed by atoms with Gasteiger partial charge in [0.05, 0.1) is 11.9 Å². The molecule has 31 heavy (non-hydrogen) atoms. The summed E-state index contributed by atoms with van der Waals surface area (Å²) in [5.41, 5.74) is 4.28. The molecule has 160 valence electrons. The highest BCUT2D eigenvalue weighted by Gasteiger charge is 2.29. The van der Waals surface area contributed by atoms with E-state index < -0.39 is 22.0 Å². The van der Waals surface area contributed by atoms with Crippen molar-refractivity contribution in [1.29, 1.82) is 0 Å². The number of amides is 1. The number of aryl methyl sites for hydroxylation is 2. The highest BCUT2D eigenvalue weighted by atomic mass is 32.2. The van der Waals surface area contributed by atoms with Crippen LogP contribution in [0, 0.1) is 13.8 Å². The Morgan fingerprint density at radius 1 is 0.935 bits per heavy atom. The first-order valence-electron chi connectivity index (χ1n) is 9.93. The van der Waals surface area contributed by atoms with E-state index in [4.69, 9.17) is 4.42 Å². The summed E-state index contributed by atoms with van der Waals surface area (Å²) >= 11 is 0. The molecule has 0 bridgehead atoms. The monoisotopic (exact) mass is 436 g/mol. The number of hydrogen-bond acceptors (Lipinski definition) is 4. The molecule has 0 aliphatic carbocycles. The molecule has 1 aromatic heterocycles. The van der Waals surface area contributed by atoms with Crippen LogP contribution in [0.5, 0.6) is 0 Å². The van der Waals surface area contributed by atoms with Gasteiger partial charge in [-0.1, -0.05) is 24.3 Å². The van der Waals surface area contributed by atoms with Crippen LogP contribution in [0.2, 0.25) is 0 Å². The molecule has 6 nitrogen and oxygen atoms in total. The summed E-state index contributed by atoms with van der Waals surface area (Å²) in [4.78, 5) is 13.0. The third kappa shape index (κ3) is 4.14. The van der Waals surface area contributed by atoms with E-state index in [0.29, 0.717) is 17.0 Å². The van der Waals surface area contributed by atoms with E-state index >= 15 is 0 Å². The van der Waals surface area contributed by atoms with Gasteiger partial charge < -0.3 is 9.73 Å². The predicted octanol–water partition coefficient (Wildman–Crippen LogP) is 5.00. The van der Waals surface area contributed by atoms with E-state index in [9.17, 15) is 13.2 Å². The van der Waals surface area contributed by atoms with Crippen molar-refractivity contribution in [3.63, 3.8) is 0 Å². The Hall–Kier alpha value is -3.32. The van der Waals surface area contributed by atoms with Gasteiger partial charge in [0.2, 0.25) is 15.9 Å². The molecular weight excluding hydrogens is 412 g/mol. The molecule has 0 fully saturated rings. The van der Waals surface area contributed by atoms with Crippen LogP contribution in [0.15, 0.2) is 65.1 Å². The molecular formula is C24H24N2O4S. The molecule has 1 atom stereocenters. The zero-order chi connectivity index (χ0) is 22.3. The molecule has 1 amide bonds. The Kier molecular flexibility index (Phi) is 5.23. The zero-order valence-corrected chi connectivity index (χ0v) is 18.7. The van der Waals surface area contributed by atoms with Crippen molar-refractivity contribution in [3.8, 4) is 0 Å². The maximum atomic E-state index is 13.0. The van der Waals surface area contributed by atoms with E-state index in [1.54, 1.807) is 31.2 Å². The summed E-state index contributed by atoms with van der Waals surface area (Å²) in [5, 5.41) is 4.78. The van der Waals surface area contributed by atoms with Gasteiger partial charge in [-0.25, -0.2) is 8.42 Å². The van der Waals surface area contributed by atoms with Gasteiger partial charge in [0, 0.05) is 22.5 Å². The van der Waals surface area contributed by atoms with Crippen molar-refractivity contribution in [1.82, 2.24) is 0 Å². The lowest BCUT2D eigenvalue weighted by molar-refractivity contribution is -0.116. The van der Waals surface area contributed by atoms with E-state index in [1.165, 1.54) is 0 Å². The molecule has 1 heterocycles. The summed E-state index contributed by atoms with van der Waals surface area (Å²) in [6.07, 6.45) is 1.11. The Morgan fingerprint density at radius 2 is 1.58 bits per heavy atom. The maximum Gasteiger partial charge on any atom is 0.247 e. The second-order valence-corrected chi connectivity index (χ2v) is 9.74. The number of hydrogen-bond donors (Lipinski definition) is 1. The number of furan rings is 1. The fourth-order valence-corrected chi connectivity index (χ4v) is 5.10. The number of sulfonamides is 1. The molecule has 3 aromatic carbocycles. The van der Waals surface area contributed by atoms with Gasteiger partial charge in [-0.2, -0.15) is 0 Å². The minimum atomic E-state index is -3.69. The fraction of sp³-hybridized carbons (Fsp3) is 0.208. The first kappa shape index (κ1) is 20.9. The molecule has 4 rings (SSSR count). The number of carbonyl (C=O) groups is 1. The predicted molar refractivity (Wildman–Crippen MR) is 125 cm³/mol. The number of benzene rings is 3. The normalized spacial score (nSPS) is 12.8. The molecule has 7 heteroatoms. The number of nitrogens with zero attached hydrogens (tertiary/aromatic N) is 1. The zero-order valence-electron chi connectivity index (χ0n) is 17.8. The van der Waals surface area contributed by atoms with Crippen LogP contribution in [0.25, 0.3) is 21.9 Å². The van der Waals surface area contributed by atoms with E-state index in [1.807, 2.05) is 50.2 Å². The van der Waals surface area contributed by atoms with Crippen LogP contribution in [0.4, 0.5) is 11.4 Å². The van der Waals surface area contributed by atoms with Gasteiger partial charge in [-0.05, 0) is 62.2 Å². The third-order valence-electron chi connectivity index (χ3n) is 5.20. The van der Waals surface area contributed by atoms with Crippen LogP contribution in [-0.4, -0.2) is 26.6 Å². The van der Waals surface area contributed by atoms with Crippen LogP contribution in [0.1, 0.15) is 18.1 Å². The first-order chi connectivity index (χ1) is 14.6. The average Bonchev–Trinajstić information content (AvgIpc) is 3.03. The first-order valence-corrected chi connectivity index (χ1v) is 11.8. The maximum absolute atomic E-state index is 13.0. The quantitative estimate of drug-likeness (QED) is 0.478. The van der Waals surface area contributed by atoms with Crippen molar-refractivity contribution < 1.29 is 17.6 Å². The van der Waals surface area contributed by atoms with Crippen molar-refractivity contribution >= 4 is 49.2 Å².